The Balaban J connectivity index is 2.37. The minimum absolute atomic E-state index is 0.0399. The predicted molar refractivity (Wildman–Crippen MR) is 104 cm³/mol. The number of rotatable bonds is 4. The summed E-state index contributed by atoms with van der Waals surface area (Å²) in [5.41, 5.74) is 0.991. The highest BCUT2D eigenvalue weighted by molar-refractivity contribution is 6.18. The molecule has 0 bridgehead atoms. The first-order valence-electron chi connectivity index (χ1n) is 9.35. The molecule has 0 fully saturated rings. The maximum Gasteiger partial charge on any atom is 0.203 e. The molecule has 28 heavy (non-hydrogen) atoms. The second-order valence-corrected chi connectivity index (χ2v) is 8.05. The van der Waals surface area contributed by atoms with Gasteiger partial charge in [-0.05, 0) is 57.7 Å². The van der Waals surface area contributed by atoms with E-state index in [0.717, 1.165) is 5.56 Å². The molecule has 1 aromatic carbocycles. The van der Waals surface area contributed by atoms with Gasteiger partial charge in [0.05, 0.1) is 13.2 Å². The number of phenolic OH excluding ortho intramolecular Hbond substituents is 1. The monoisotopic (exact) mass is 388 g/mol. The highest BCUT2D eigenvalue weighted by Gasteiger charge is 2.65. The van der Waals surface area contributed by atoms with E-state index in [-0.39, 0.29) is 37.0 Å². The number of hydrogen-bond donors (Lipinski definition) is 1. The number of benzene rings is 1. The number of phenols is 1. The van der Waals surface area contributed by atoms with E-state index in [1.54, 1.807) is 34.8 Å². The summed E-state index contributed by atoms with van der Waals surface area (Å²) in [5, 5.41) is 10.7. The van der Waals surface area contributed by atoms with Gasteiger partial charge in [-0.2, -0.15) is 0 Å². The van der Waals surface area contributed by atoms with Gasteiger partial charge in [0.25, 0.3) is 0 Å². The average Bonchev–Trinajstić information content (AvgIpc) is 2.67. The van der Waals surface area contributed by atoms with Gasteiger partial charge in [0.2, 0.25) is 5.78 Å². The highest BCUT2D eigenvalue weighted by atomic mass is 16.5. The van der Waals surface area contributed by atoms with E-state index >= 15 is 0 Å². The van der Waals surface area contributed by atoms with Crippen molar-refractivity contribution < 1.29 is 28.9 Å². The third-order valence-electron chi connectivity index (χ3n) is 6.67. The van der Waals surface area contributed by atoms with Gasteiger partial charge >= 0.3 is 0 Å². The Morgan fingerprint density at radius 2 is 1.61 bits per heavy atom. The van der Waals surface area contributed by atoms with Crippen molar-refractivity contribution in [1.82, 2.24) is 0 Å². The molecule has 0 amide bonds. The van der Waals surface area contributed by atoms with E-state index in [1.165, 1.54) is 7.11 Å². The molecule has 1 aliphatic carbocycles. The van der Waals surface area contributed by atoms with Crippen molar-refractivity contribution >= 4 is 11.6 Å². The van der Waals surface area contributed by atoms with Gasteiger partial charge in [-0.15, -0.1) is 0 Å². The Kier molecular flexibility index (Phi) is 4.92. The molecule has 6 nitrogen and oxygen atoms in total. The van der Waals surface area contributed by atoms with Crippen LogP contribution in [0.3, 0.4) is 0 Å². The summed E-state index contributed by atoms with van der Waals surface area (Å²) in [6.45, 7) is 8.89. The number of Topliss-reactive ketones (excluding diaryl/α,β-unsaturated/α-hetero) is 2. The number of aromatic hydroxyl groups is 1. The van der Waals surface area contributed by atoms with Crippen LogP contribution in [0.25, 0.3) is 0 Å². The first-order chi connectivity index (χ1) is 13.1. The largest absolute Gasteiger partial charge is 0.507 e. The molecule has 0 saturated carbocycles. The van der Waals surface area contributed by atoms with Gasteiger partial charge in [0.1, 0.15) is 16.9 Å². The first-order valence-corrected chi connectivity index (χ1v) is 9.35. The SMILES string of the molecule is COCc1c(O)c(C)c(C)c2c1C[C@@]1(COC)C(=O)C(C)=C(C)C(=O)[C@@]1(C)O2. The fourth-order valence-corrected chi connectivity index (χ4v) is 4.60. The van der Waals surface area contributed by atoms with Crippen molar-refractivity contribution in [3.05, 3.63) is 33.4 Å². The van der Waals surface area contributed by atoms with Gasteiger partial charge < -0.3 is 19.3 Å². The quantitative estimate of drug-likeness (QED) is 0.854. The smallest absolute Gasteiger partial charge is 0.203 e. The third-order valence-corrected chi connectivity index (χ3v) is 6.67. The molecule has 1 aliphatic heterocycles. The van der Waals surface area contributed by atoms with E-state index in [9.17, 15) is 14.7 Å². The van der Waals surface area contributed by atoms with Crippen LogP contribution in [0.1, 0.15) is 43.0 Å². The molecule has 1 heterocycles. The normalized spacial score (nSPS) is 26.8. The third kappa shape index (κ3) is 2.40. The first kappa shape index (κ1) is 20.6. The van der Waals surface area contributed by atoms with Crippen molar-refractivity contribution in [2.24, 2.45) is 5.41 Å². The van der Waals surface area contributed by atoms with Crippen LogP contribution in [0.4, 0.5) is 0 Å². The van der Waals surface area contributed by atoms with Crippen LogP contribution in [0.2, 0.25) is 0 Å². The van der Waals surface area contributed by atoms with Crippen LogP contribution < -0.4 is 4.74 Å². The Labute approximate surface area is 165 Å². The average molecular weight is 388 g/mol. The summed E-state index contributed by atoms with van der Waals surface area (Å²) in [5.74, 6) is 0.326. The second-order valence-electron chi connectivity index (χ2n) is 8.05. The lowest BCUT2D eigenvalue weighted by molar-refractivity contribution is -0.164. The number of fused-ring (bicyclic) bond motifs is 2. The summed E-state index contributed by atoms with van der Waals surface area (Å²) in [7, 11) is 3.06. The number of ketones is 2. The van der Waals surface area contributed by atoms with E-state index in [2.05, 4.69) is 0 Å². The molecule has 0 unspecified atom stereocenters. The molecule has 1 aromatic rings. The molecular formula is C22H28O6. The summed E-state index contributed by atoms with van der Waals surface area (Å²) >= 11 is 0. The van der Waals surface area contributed by atoms with Crippen LogP contribution in [-0.2, 0) is 32.1 Å². The number of methoxy groups -OCH3 is 2. The van der Waals surface area contributed by atoms with Crippen molar-refractivity contribution in [1.29, 1.82) is 0 Å². The fraction of sp³-hybridized carbons (Fsp3) is 0.545. The van der Waals surface area contributed by atoms with Crippen LogP contribution >= 0.6 is 0 Å². The molecule has 1 N–H and O–H groups in total. The van der Waals surface area contributed by atoms with Gasteiger partial charge in [0, 0.05) is 30.9 Å². The van der Waals surface area contributed by atoms with Crippen LogP contribution in [0.5, 0.6) is 11.5 Å². The highest BCUT2D eigenvalue weighted by Crippen LogP contribution is 2.54. The molecule has 0 spiro atoms. The van der Waals surface area contributed by atoms with E-state index < -0.39 is 11.0 Å². The molecule has 3 rings (SSSR count). The fourth-order valence-electron chi connectivity index (χ4n) is 4.60. The Morgan fingerprint density at radius 3 is 2.18 bits per heavy atom. The Bertz CT molecular complexity index is 912. The van der Waals surface area contributed by atoms with Gasteiger partial charge in [-0.25, -0.2) is 0 Å². The molecule has 152 valence electrons. The van der Waals surface area contributed by atoms with Crippen LogP contribution in [0, 0.1) is 19.3 Å². The molecular weight excluding hydrogens is 360 g/mol. The maximum atomic E-state index is 13.5. The number of carbonyl (C=O) groups is 2. The Hall–Kier alpha value is -2.18. The Morgan fingerprint density at radius 1 is 1.00 bits per heavy atom. The number of ether oxygens (including phenoxy) is 3. The van der Waals surface area contributed by atoms with E-state index in [1.807, 2.05) is 6.92 Å². The van der Waals surface area contributed by atoms with Crippen LogP contribution in [0.15, 0.2) is 11.1 Å². The molecule has 0 aromatic heterocycles. The van der Waals surface area contributed by atoms with Crippen molar-refractivity contribution in [2.45, 2.75) is 53.2 Å². The summed E-state index contributed by atoms with van der Waals surface area (Å²) in [6.07, 6.45) is 0.231. The molecule has 0 saturated heterocycles. The zero-order chi connectivity index (χ0) is 21.0. The lowest BCUT2D eigenvalue weighted by Gasteiger charge is -2.52. The summed E-state index contributed by atoms with van der Waals surface area (Å²) in [4.78, 5) is 26.8. The molecule has 2 atom stereocenters. The standard InChI is InChI=1S/C22H28O6/c1-11-12(2)18-15(16(9-26-6)17(11)23)8-22(10-27-7)20(25)14(4)13(3)19(24)21(22,5)28-18/h23H,8-10H2,1-7H3/t21-,22-/m1/s1. The van der Waals surface area contributed by atoms with Gasteiger partial charge in [0.15, 0.2) is 11.4 Å². The van der Waals surface area contributed by atoms with Crippen molar-refractivity contribution in [2.75, 3.05) is 20.8 Å². The van der Waals surface area contributed by atoms with Crippen molar-refractivity contribution in [3.8, 4) is 11.5 Å². The maximum absolute atomic E-state index is 13.5. The molecule has 6 heteroatoms. The van der Waals surface area contributed by atoms with Gasteiger partial charge in [-0.1, -0.05) is 0 Å². The summed E-state index contributed by atoms with van der Waals surface area (Å²) < 4.78 is 17.1. The zero-order valence-corrected chi connectivity index (χ0v) is 17.6. The minimum Gasteiger partial charge on any atom is -0.507 e. The van der Waals surface area contributed by atoms with E-state index in [4.69, 9.17) is 14.2 Å². The second kappa shape index (κ2) is 6.71. The van der Waals surface area contributed by atoms with Gasteiger partial charge in [-0.3, -0.25) is 9.59 Å². The molecule has 2 aliphatic rings. The number of allylic oxidation sites excluding steroid dienone is 1. The minimum atomic E-state index is -1.38. The van der Waals surface area contributed by atoms with Crippen molar-refractivity contribution in [3.63, 3.8) is 0 Å². The van der Waals surface area contributed by atoms with Crippen LogP contribution in [-0.4, -0.2) is 43.1 Å². The predicted octanol–water partition coefficient (Wildman–Crippen LogP) is 2.97. The van der Waals surface area contributed by atoms with E-state index in [0.29, 0.717) is 33.6 Å². The topological polar surface area (TPSA) is 82.1 Å². The number of hydrogen-bond acceptors (Lipinski definition) is 6. The summed E-state index contributed by atoms with van der Waals surface area (Å²) in [6, 6.07) is 0. The number of carbonyl (C=O) groups excluding carboxylic acids is 2. The molecule has 0 radical (unpaired) electrons. The lowest BCUT2D eigenvalue weighted by atomic mass is 9.57. The lowest BCUT2D eigenvalue weighted by Crippen LogP contribution is -2.67. The zero-order valence-electron chi connectivity index (χ0n) is 17.6.